The second kappa shape index (κ2) is 5.41. The quantitative estimate of drug-likeness (QED) is 0.822. The van der Waals surface area contributed by atoms with Gasteiger partial charge in [-0.15, -0.1) is 0 Å². The van der Waals surface area contributed by atoms with Crippen molar-refractivity contribution in [2.45, 2.75) is 44.2 Å². The van der Waals surface area contributed by atoms with E-state index >= 15 is 0 Å². The van der Waals surface area contributed by atoms with Crippen molar-refractivity contribution in [2.24, 2.45) is 7.05 Å². The first-order valence-electron chi connectivity index (χ1n) is 7.17. The molecule has 0 radical (unpaired) electrons. The third kappa shape index (κ3) is 2.59. The van der Waals surface area contributed by atoms with E-state index in [4.69, 9.17) is 4.74 Å². The fraction of sp³-hybridized carbons (Fsp3) is 0.786. The van der Waals surface area contributed by atoms with Crippen molar-refractivity contribution in [1.29, 1.82) is 0 Å². The van der Waals surface area contributed by atoms with Crippen LogP contribution in [0.15, 0.2) is 12.4 Å². The van der Waals surface area contributed by atoms with E-state index in [1.54, 1.807) is 0 Å². The van der Waals surface area contributed by atoms with Crippen molar-refractivity contribution in [2.75, 3.05) is 19.7 Å². The highest BCUT2D eigenvalue weighted by molar-refractivity contribution is 5.12. The van der Waals surface area contributed by atoms with Gasteiger partial charge in [-0.05, 0) is 38.6 Å². The predicted octanol–water partition coefficient (Wildman–Crippen LogP) is 2.13. The van der Waals surface area contributed by atoms with Gasteiger partial charge in [-0.1, -0.05) is 0 Å². The minimum Gasteiger partial charge on any atom is -0.377 e. The molecule has 2 atom stereocenters. The van der Waals surface area contributed by atoms with Gasteiger partial charge in [0.15, 0.2) is 0 Å². The number of rotatable bonds is 3. The van der Waals surface area contributed by atoms with Crippen LogP contribution in [0.25, 0.3) is 0 Å². The van der Waals surface area contributed by atoms with Crippen LogP contribution in [0, 0.1) is 0 Å². The maximum absolute atomic E-state index is 5.87. The van der Waals surface area contributed by atoms with Crippen molar-refractivity contribution >= 4 is 0 Å². The maximum atomic E-state index is 5.87. The monoisotopic (exact) mass is 249 g/mol. The number of likely N-dealkylation sites (tertiary alicyclic amines) is 1. The molecule has 0 aromatic carbocycles. The molecule has 100 valence electrons. The highest BCUT2D eigenvalue weighted by atomic mass is 16.5. The Labute approximate surface area is 109 Å². The molecule has 0 bridgehead atoms. The molecule has 2 aliphatic heterocycles. The van der Waals surface area contributed by atoms with Crippen LogP contribution in [-0.2, 0) is 11.8 Å². The summed E-state index contributed by atoms with van der Waals surface area (Å²) in [7, 11) is 1.99. The molecule has 0 amide bonds. The molecule has 0 spiro atoms. The van der Waals surface area contributed by atoms with E-state index in [9.17, 15) is 0 Å². The summed E-state index contributed by atoms with van der Waals surface area (Å²) in [4.78, 5) is 2.59. The summed E-state index contributed by atoms with van der Waals surface area (Å²) in [6.07, 6.45) is 11.0. The minimum atomic E-state index is 0.455. The van der Waals surface area contributed by atoms with E-state index in [0.29, 0.717) is 12.1 Å². The van der Waals surface area contributed by atoms with Crippen molar-refractivity contribution < 1.29 is 4.74 Å². The molecule has 2 unspecified atom stereocenters. The van der Waals surface area contributed by atoms with Crippen LogP contribution < -0.4 is 0 Å². The average Bonchev–Trinajstić information content (AvgIpc) is 2.99. The van der Waals surface area contributed by atoms with Gasteiger partial charge in [-0.2, -0.15) is 5.10 Å². The average molecular weight is 249 g/mol. The number of nitrogens with zero attached hydrogens (tertiary/aromatic N) is 3. The topological polar surface area (TPSA) is 30.3 Å². The zero-order valence-electron chi connectivity index (χ0n) is 11.2. The van der Waals surface area contributed by atoms with Gasteiger partial charge in [-0.3, -0.25) is 9.58 Å². The smallest absolute Gasteiger partial charge is 0.0702 e. The Balaban J connectivity index is 1.63. The molecular weight excluding hydrogens is 226 g/mol. The van der Waals surface area contributed by atoms with Crippen LogP contribution in [0.2, 0.25) is 0 Å². The van der Waals surface area contributed by atoms with Gasteiger partial charge in [0, 0.05) is 38.0 Å². The Kier molecular flexibility index (Phi) is 3.66. The van der Waals surface area contributed by atoms with Crippen LogP contribution in [0.5, 0.6) is 0 Å². The van der Waals surface area contributed by atoms with E-state index in [1.165, 1.54) is 44.2 Å². The molecule has 0 aliphatic carbocycles. The SMILES string of the molecule is Cn1cc(C2CCCN2CC2CCCCO2)cn1. The summed E-state index contributed by atoms with van der Waals surface area (Å²) >= 11 is 0. The van der Waals surface area contributed by atoms with Crippen molar-refractivity contribution in [3.63, 3.8) is 0 Å². The van der Waals surface area contributed by atoms with E-state index in [0.717, 1.165) is 13.2 Å². The van der Waals surface area contributed by atoms with Crippen molar-refractivity contribution in [1.82, 2.24) is 14.7 Å². The van der Waals surface area contributed by atoms with Gasteiger partial charge in [0.25, 0.3) is 0 Å². The molecule has 18 heavy (non-hydrogen) atoms. The highest BCUT2D eigenvalue weighted by Crippen LogP contribution is 2.32. The lowest BCUT2D eigenvalue weighted by atomic mass is 10.1. The van der Waals surface area contributed by atoms with Gasteiger partial charge in [0.05, 0.1) is 12.3 Å². The van der Waals surface area contributed by atoms with Gasteiger partial charge < -0.3 is 4.74 Å². The summed E-state index contributed by atoms with van der Waals surface area (Å²) in [6.45, 7) is 3.26. The number of aromatic nitrogens is 2. The first-order chi connectivity index (χ1) is 8.83. The molecule has 1 aromatic rings. The Bertz CT molecular complexity index is 384. The second-order valence-corrected chi connectivity index (χ2v) is 5.59. The first kappa shape index (κ1) is 12.2. The molecule has 1 aromatic heterocycles. The lowest BCUT2D eigenvalue weighted by Gasteiger charge is -2.30. The molecule has 4 heteroatoms. The third-order valence-electron chi connectivity index (χ3n) is 4.19. The van der Waals surface area contributed by atoms with Crippen LogP contribution in [0.1, 0.15) is 43.7 Å². The van der Waals surface area contributed by atoms with E-state index < -0.39 is 0 Å². The third-order valence-corrected chi connectivity index (χ3v) is 4.19. The summed E-state index contributed by atoms with van der Waals surface area (Å²) < 4.78 is 7.77. The van der Waals surface area contributed by atoms with Gasteiger partial charge in [-0.25, -0.2) is 0 Å². The van der Waals surface area contributed by atoms with E-state index in [1.807, 2.05) is 17.9 Å². The van der Waals surface area contributed by atoms with Gasteiger partial charge in [0.1, 0.15) is 0 Å². The number of hydrogen-bond acceptors (Lipinski definition) is 3. The lowest BCUT2D eigenvalue weighted by molar-refractivity contribution is -0.00806. The largest absolute Gasteiger partial charge is 0.377 e. The molecule has 0 saturated carbocycles. The lowest BCUT2D eigenvalue weighted by Crippen LogP contribution is -2.35. The zero-order chi connectivity index (χ0) is 12.4. The van der Waals surface area contributed by atoms with Crippen LogP contribution in [0.3, 0.4) is 0 Å². The normalized spacial score (nSPS) is 29.8. The highest BCUT2D eigenvalue weighted by Gasteiger charge is 2.29. The zero-order valence-corrected chi connectivity index (χ0v) is 11.2. The van der Waals surface area contributed by atoms with Gasteiger partial charge in [0.2, 0.25) is 0 Å². The Hall–Kier alpha value is -0.870. The molecular formula is C14H23N3O. The molecule has 3 rings (SSSR count). The molecule has 2 fully saturated rings. The molecule has 0 N–H and O–H groups in total. The number of aryl methyl sites for hydroxylation is 1. The number of hydrogen-bond donors (Lipinski definition) is 0. The molecule has 3 heterocycles. The molecule has 2 aliphatic rings. The fourth-order valence-electron chi connectivity index (χ4n) is 3.25. The van der Waals surface area contributed by atoms with Crippen molar-refractivity contribution in [3.8, 4) is 0 Å². The Morgan fingerprint density at radius 3 is 3.00 bits per heavy atom. The summed E-state index contributed by atoms with van der Waals surface area (Å²) in [6, 6.07) is 0.559. The predicted molar refractivity (Wildman–Crippen MR) is 70.3 cm³/mol. The second-order valence-electron chi connectivity index (χ2n) is 5.59. The van der Waals surface area contributed by atoms with E-state index in [-0.39, 0.29) is 0 Å². The Morgan fingerprint density at radius 2 is 2.28 bits per heavy atom. The first-order valence-corrected chi connectivity index (χ1v) is 7.17. The van der Waals surface area contributed by atoms with Crippen LogP contribution >= 0.6 is 0 Å². The summed E-state index contributed by atoms with van der Waals surface area (Å²) in [5.41, 5.74) is 1.37. The fourth-order valence-corrected chi connectivity index (χ4v) is 3.25. The van der Waals surface area contributed by atoms with Gasteiger partial charge >= 0.3 is 0 Å². The van der Waals surface area contributed by atoms with Crippen molar-refractivity contribution in [3.05, 3.63) is 18.0 Å². The minimum absolute atomic E-state index is 0.455. The number of ether oxygens (including phenoxy) is 1. The molecule has 2 saturated heterocycles. The van der Waals surface area contributed by atoms with Crippen LogP contribution in [0.4, 0.5) is 0 Å². The maximum Gasteiger partial charge on any atom is 0.0702 e. The van der Waals surface area contributed by atoms with E-state index in [2.05, 4.69) is 16.2 Å². The van der Waals surface area contributed by atoms with Crippen LogP contribution in [-0.4, -0.2) is 40.5 Å². The summed E-state index contributed by atoms with van der Waals surface area (Å²) in [5, 5.41) is 4.30. The standard InChI is InChI=1S/C14H23N3O/c1-16-10-12(9-15-16)14-6-4-7-17(14)11-13-5-2-3-8-18-13/h9-10,13-14H,2-8,11H2,1H3. The molecule has 4 nitrogen and oxygen atoms in total. The summed E-state index contributed by atoms with van der Waals surface area (Å²) in [5.74, 6) is 0. The Morgan fingerprint density at radius 1 is 1.33 bits per heavy atom.